The topological polar surface area (TPSA) is 46.3 Å². The molecule has 3 nitrogen and oxygen atoms in total. The van der Waals surface area contributed by atoms with E-state index in [1.165, 1.54) is 55.2 Å². The van der Waals surface area contributed by atoms with Gasteiger partial charge in [-0.15, -0.1) is 0 Å². The molecule has 1 fully saturated rings. The van der Waals surface area contributed by atoms with Gasteiger partial charge in [0.25, 0.3) is 0 Å². The van der Waals surface area contributed by atoms with E-state index in [-0.39, 0.29) is 6.03 Å². The van der Waals surface area contributed by atoms with Crippen molar-refractivity contribution in [2.24, 2.45) is 11.7 Å². The number of hydrogen-bond acceptors (Lipinski definition) is 1. The Balaban J connectivity index is 1.64. The fourth-order valence-electron chi connectivity index (χ4n) is 4.43. The molecule has 3 heteroatoms. The minimum Gasteiger partial charge on any atom is -0.351 e. The summed E-state index contributed by atoms with van der Waals surface area (Å²) >= 11 is 0. The van der Waals surface area contributed by atoms with Crippen LogP contribution in [-0.2, 0) is 12.8 Å². The van der Waals surface area contributed by atoms with Gasteiger partial charge in [0.05, 0.1) is 0 Å². The Morgan fingerprint density at radius 2 is 1.95 bits per heavy atom. The molecule has 2 amide bonds. The second kappa shape index (κ2) is 4.51. The molecule has 2 N–H and O–H groups in total. The maximum Gasteiger partial charge on any atom is 0.319 e. The van der Waals surface area contributed by atoms with Crippen molar-refractivity contribution in [1.29, 1.82) is 0 Å². The number of primary amides is 1. The summed E-state index contributed by atoms with van der Waals surface area (Å²) < 4.78 is 0. The molecule has 0 spiro atoms. The number of urea groups is 1. The number of nitrogens with two attached hydrogens (primary N) is 1. The van der Waals surface area contributed by atoms with E-state index in [0.717, 1.165) is 30.5 Å². The molecule has 1 aliphatic heterocycles. The summed E-state index contributed by atoms with van der Waals surface area (Å²) in [7, 11) is 0. The zero-order valence-corrected chi connectivity index (χ0v) is 11.9. The van der Waals surface area contributed by atoms with Gasteiger partial charge in [0.2, 0.25) is 0 Å². The van der Waals surface area contributed by atoms with Gasteiger partial charge in [0.15, 0.2) is 0 Å². The predicted octanol–water partition coefficient (Wildman–Crippen LogP) is 3.35. The Kier molecular flexibility index (Phi) is 2.76. The smallest absolute Gasteiger partial charge is 0.319 e. The molecule has 1 heterocycles. The van der Waals surface area contributed by atoms with E-state index >= 15 is 0 Å². The van der Waals surface area contributed by atoms with Gasteiger partial charge in [-0.05, 0) is 60.3 Å². The van der Waals surface area contributed by atoms with E-state index in [0.29, 0.717) is 0 Å². The summed E-state index contributed by atoms with van der Waals surface area (Å²) in [5.41, 5.74) is 10.9. The van der Waals surface area contributed by atoms with Crippen LogP contribution < -0.4 is 10.6 Å². The summed E-state index contributed by atoms with van der Waals surface area (Å²) in [6, 6.07) is 4.29. The number of fused-ring (bicyclic) bond motifs is 2. The van der Waals surface area contributed by atoms with Crippen molar-refractivity contribution in [3.63, 3.8) is 0 Å². The van der Waals surface area contributed by atoms with Crippen LogP contribution in [0.25, 0.3) is 0 Å². The molecule has 1 saturated carbocycles. The molecule has 3 aliphatic rings. The highest BCUT2D eigenvalue weighted by molar-refractivity contribution is 5.93. The lowest BCUT2D eigenvalue weighted by Gasteiger charge is -2.39. The fourth-order valence-corrected chi connectivity index (χ4v) is 4.43. The van der Waals surface area contributed by atoms with Crippen molar-refractivity contribution < 1.29 is 4.79 Å². The van der Waals surface area contributed by atoms with E-state index in [1.807, 2.05) is 0 Å². The Morgan fingerprint density at radius 1 is 1.15 bits per heavy atom. The summed E-state index contributed by atoms with van der Waals surface area (Å²) in [4.78, 5) is 13.3. The fraction of sp³-hybridized carbons (Fsp3) is 0.588. The zero-order valence-electron chi connectivity index (χ0n) is 11.9. The van der Waals surface area contributed by atoms with Gasteiger partial charge in [-0.2, -0.15) is 0 Å². The number of anilines is 1. The average molecular weight is 270 g/mol. The number of amides is 2. The number of benzene rings is 1. The van der Waals surface area contributed by atoms with Gasteiger partial charge in [-0.1, -0.05) is 25.3 Å². The Morgan fingerprint density at radius 3 is 2.70 bits per heavy atom. The minimum absolute atomic E-state index is 0.308. The van der Waals surface area contributed by atoms with Crippen LogP contribution in [0.5, 0.6) is 0 Å². The molecule has 106 valence electrons. The number of hydrogen-bond donors (Lipinski definition) is 1. The van der Waals surface area contributed by atoms with Crippen molar-refractivity contribution in [1.82, 2.24) is 0 Å². The van der Waals surface area contributed by atoms with Crippen LogP contribution >= 0.6 is 0 Å². The second-order valence-electron chi connectivity index (χ2n) is 6.63. The first kappa shape index (κ1) is 12.2. The first-order valence-electron chi connectivity index (χ1n) is 7.96. The molecule has 2 aliphatic carbocycles. The predicted molar refractivity (Wildman–Crippen MR) is 80.1 cm³/mol. The molecular formula is C17H22N2O. The van der Waals surface area contributed by atoms with Gasteiger partial charge < -0.3 is 5.73 Å². The molecule has 1 aromatic carbocycles. The summed E-state index contributed by atoms with van der Waals surface area (Å²) in [6.45, 7) is 0.752. The summed E-state index contributed by atoms with van der Waals surface area (Å²) in [5, 5.41) is 0. The van der Waals surface area contributed by atoms with Crippen LogP contribution in [0.4, 0.5) is 10.5 Å². The molecule has 0 radical (unpaired) electrons. The van der Waals surface area contributed by atoms with Crippen molar-refractivity contribution in [2.75, 3.05) is 11.4 Å². The third-order valence-corrected chi connectivity index (χ3v) is 5.56. The molecule has 0 bridgehead atoms. The highest BCUT2D eigenvalue weighted by Crippen LogP contribution is 2.48. The zero-order chi connectivity index (χ0) is 13.7. The molecule has 1 aromatic rings. The quantitative estimate of drug-likeness (QED) is 0.835. The first-order chi connectivity index (χ1) is 9.74. The highest BCUT2D eigenvalue weighted by atomic mass is 16.2. The molecule has 20 heavy (non-hydrogen) atoms. The maximum atomic E-state index is 11.5. The lowest BCUT2D eigenvalue weighted by atomic mass is 9.66. The lowest BCUT2D eigenvalue weighted by molar-refractivity contribution is 0.254. The van der Waals surface area contributed by atoms with Gasteiger partial charge >= 0.3 is 6.03 Å². The van der Waals surface area contributed by atoms with Crippen LogP contribution in [0, 0.1) is 5.92 Å². The first-order valence-corrected chi connectivity index (χ1v) is 7.96. The Labute approximate surface area is 120 Å². The van der Waals surface area contributed by atoms with Crippen molar-refractivity contribution in [2.45, 2.75) is 50.9 Å². The second-order valence-corrected chi connectivity index (χ2v) is 6.63. The normalized spacial score (nSPS) is 25.0. The van der Waals surface area contributed by atoms with E-state index in [4.69, 9.17) is 5.73 Å². The third kappa shape index (κ3) is 1.75. The third-order valence-electron chi connectivity index (χ3n) is 5.56. The average Bonchev–Trinajstić information content (AvgIpc) is 2.85. The van der Waals surface area contributed by atoms with E-state index in [2.05, 4.69) is 12.1 Å². The molecule has 0 aromatic heterocycles. The van der Waals surface area contributed by atoms with Gasteiger partial charge in [-0.25, -0.2) is 4.79 Å². The number of carbonyl (C=O) groups is 1. The Hall–Kier alpha value is -1.51. The highest BCUT2D eigenvalue weighted by Gasteiger charge is 2.36. The SMILES string of the molecule is NC(=O)N1CCc2cc3c(cc21)C(C1CCCCC1)C3. The van der Waals surface area contributed by atoms with Gasteiger partial charge in [-0.3, -0.25) is 4.90 Å². The number of carbonyl (C=O) groups excluding carboxylic acids is 1. The van der Waals surface area contributed by atoms with E-state index < -0.39 is 0 Å². The Bertz CT molecular complexity index is 560. The van der Waals surface area contributed by atoms with Gasteiger partial charge in [0.1, 0.15) is 0 Å². The van der Waals surface area contributed by atoms with Crippen LogP contribution in [-0.4, -0.2) is 12.6 Å². The largest absolute Gasteiger partial charge is 0.351 e. The van der Waals surface area contributed by atoms with Crippen LogP contribution in [0.3, 0.4) is 0 Å². The molecule has 4 rings (SSSR count). The van der Waals surface area contributed by atoms with Gasteiger partial charge in [0, 0.05) is 12.2 Å². The van der Waals surface area contributed by atoms with Crippen LogP contribution in [0.2, 0.25) is 0 Å². The monoisotopic (exact) mass is 270 g/mol. The van der Waals surface area contributed by atoms with E-state index in [1.54, 1.807) is 4.90 Å². The number of rotatable bonds is 1. The standard InChI is InChI=1S/C17H22N2O/c18-17(20)19-7-6-12-8-13-9-14(15(13)10-16(12)19)11-4-2-1-3-5-11/h8,10-11,14H,1-7,9H2,(H2,18,20). The number of nitrogens with zero attached hydrogens (tertiary/aromatic N) is 1. The maximum absolute atomic E-state index is 11.5. The lowest BCUT2D eigenvalue weighted by Crippen LogP contribution is -2.34. The van der Waals surface area contributed by atoms with Crippen LogP contribution in [0.15, 0.2) is 12.1 Å². The van der Waals surface area contributed by atoms with Crippen molar-refractivity contribution >= 4 is 11.7 Å². The molecule has 0 saturated heterocycles. The van der Waals surface area contributed by atoms with Crippen LogP contribution in [0.1, 0.15) is 54.7 Å². The van der Waals surface area contributed by atoms with Crippen molar-refractivity contribution in [3.05, 3.63) is 28.8 Å². The summed E-state index contributed by atoms with van der Waals surface area (Å²) in [6.07, 6.45) is 9.20. The minimum atomic E-state index is -0.308. The van der Waals surface area contributed by atoms with Crippen molar-refractivity contribution in [3.8, 4) is 0 Å². The molecular weight excluding hydrogens is 248 g/mol. The van der Waals surface area contributed by atoms with E-state index in [9.17, 15) is 4.79 Å². The summed E-state index contributed by atoms with van der Waals surface area (Å²) in [5.74, 6) is 1.61. The molecule has 1 atom stereocenters. The molecule has 1 unspecified atom stereocenters.